The standard InChI is InChI=1S/C14H20N2O/c1-3-9(2)6-12(15)10-4-5-13-11(7-10)8-14(17)16-13/h4-5,7,9,12H,3,6,8,15H2,1-2H3,(H,16,17). The monoisotopic (exact) mass is 232 g/mol. The highest BCUT2D eigenvalue weighted by Crippen LogP contribution is 2.28. The second kappa shape index (κ2) is 4.88. The van der Waals surface area contributed by atoms with E-state index in [1.165, 1.54) is 0 Å². The number of carbonyl (C=O) groups is 1. The molecule has 3 nitrogen and oxygen atoms in total. The molecule has 2 unspecified atom stereocenters. The highest BCUT2D eigenvalue weighted by Gasteiger charge is 2.19. The highest BCUT2D eigenvalue weighted by molar-refractivity contribution is 5.99. The van der Waals surface area contributed by atoms with Crippen LogP contribution >= 0.6 is 0 Å². The van der Waals surface area contributed by atoms with Crippen LogP contribution in [0.25, 0.3) is 0 Å². The van der Waals surface area contributed by atoms with Crippen LogP contribution in [0.4, 0.5) is 5.69 Å². The molecule has 0 saturated heterocycles. The molecule has 1 aromatic rings. The van der Waals surface area contributed by atoms with Gasteiger partial charge >= 0.3 is 0 Å². The van der Waals surface area contributed by atoms with Crippen molar-refractivity contribution >= 4 is 11.6 Å². The van der Waals surface area contributed by atoms with Crippen LogP contribution < -0.4 is 11.1 Å². The number of fused-ring (bicyclic) bond motifs is 1. The van der Waals surface area contributed by atoms with E-state index in [0.29, 0.717) is 12.3 Å². The minimum Gasteiger partial charge on any atom is -0.326 e. The van der Waals surface area contributed by atoms with Crippen LogP contribution in [-0.2, 0) is 11.2 Å². The van der Waals surface area contributed by atoms with Crippen molar-refractivity contribution in [3.8, 4) is 0 Å². The Hall–Kier alpha value is -1.35. The lowest BCUT2D eigenvalue weighted by Crippen LogP contribution is -2.14. The molecular weight excluding hydrogens is 212 g/mol. The first kappa shape index (κ1) is 12.1. The van der Waals surface area contributed by atoms with E-state index in [4.69, 9.17) is 5.73 Å². The van der Waals surface area contributed by atoms with Gasteiger partial charge in [-0.2, -0.15) is 0 Å². The quantitative estimate of drug-likeness (QED) is 0.838. The molecule has 0 fully saturated rings. The van der Waals surface area contributed by atoms with E-state index in [1.807, 2.05) is 12.1 Å². The van der Waals surface area contributed by atoms with E-state index in [0.717, 1.165) is 29.7 Å². The summed E-state index contributed by atoms with van der Waals surface area (Å²) in [6.07, 6.45) is 2.63. The minimum atomic E-state index is 0.0750. The van der Waals surface area contributed by atoms with Gasteiger partial charge in [0.2, 0.25) is 5.91 Å². The Kier molecular flexibility index (Phi) is 3.48. The highest BCUT2D eigenvalue weighted by atomic mass is 16.1. The third kappa shape index (κ3) is 2.67. The maximum Gasteiger partial charge on any atom is 0.228 e. The zero-order valence-electron chi connectivity index (χ0n) is 10.5. The lowest BCUT2D eigenvalue weighted by molar-refractivity contribution is -0.115. The molecule has 0 radical (unpaired) electrons. The predicted molar refractivity (Wildman–Crippen MR) is 69.8 cm³/mol. The molecular formula is C14H20N2O. The normalized spacial score (nSPS) is 17.5. The second-order valence-corrected chi connectivity index (χ2v) is 5.00. The van der Waals surface area contributed by atoms with Gasteiger partial charge in [-0.3, -0.25) is 4.79 Å². The molecule has 2 atom stereocenters. The van der Waals surface area contributed by atoms with Crippen molar-refractivity contribution in [2.75, 3.05) is 5.32 Å². The van der Waals surface area contributed by atoms with Gasteiger partial charge in [-0.1, -0.05) is 32.4 Å². The maximum absolute atomic E-state index is 11.3. The predicted octanol–water partition coefficient (Wildman–Crippen LogP) is 2.62. The average molecular weight is 232 g/mol. The fraction of sp³-hybridized carbons (Fsp3) is 0.500. The first-order valence-electron chi connectivity index (χ1n) is 6.28. The van der Waals surface area contributed by atoms with Crippen LogP contribution in [0, 0.1) is 5.92 Å². The summed E-state index contributed by atoms with van der Waals surface area (Å²) >= 11 is 0. The van der Waals surface area contributed by atoms with Gasteiger partial charge in [0.1, 0.15) is 0 Å². The van der Waals surface area contributed by atoms with Gasteiger partial charge in [-0.15, -0.1) is 0 Å². The zero-order valence-corrected chi connectivity index (χ0v) is 10.5. The van der Waals surface area contributed by atoms with Gasteiger partial charge in [0.15, 0.2) is 0 Å². The number of rotatable bonds is 4. The summed E-state index contributed by atoms with van der Waals surface area (Å²) < 4.78 is 0. The molecule has 0 bridgehead atoms. The lowest BCUT2D eigenvalue weighted by atomic mass is 9.93. The Morgan fingerprint density at radius 3 is 2.94 bits per heavy atom. The summed E-state index contributed by atoms with van der Waals surface area (Å²) in [5.74, 6) is 0.714. The summed E-state index contributed by atoms with van der Waals surface area (Å²) in [4.78, 5) is 11.3. The summed E-state index contributed by atoms with van der Waals surface area (Å²) in [5.41, 5.74) is 9.35. The molecule has 3 heteroatoms. The molecule has 1 aliphatic rings. The number of benzene rings is 1. The van der Waals surface area contributed by atoms with E-state index in [1.54, 1.807) is 0 Å². The fourth-order valence-electron chi connectivity index (χ4n) is 2.22. The molecule has 0 aromatic heterocycles. The summed E-state index contributed by atoms with van der Waals surface area (Å²) in [5, 5.41) is 2.84. The third-order valence-corrected chi connectivity index (χ3v) is 3.54. The molecule has 3 N–H and O–H groups in total. The summed E-state index contributed by atoms with van der Waals surface area (Å²) in [7, 11) is 0. The van der Waals surface area contributed by atoms with Crippen LogP contribution in [0.1, 0.15) is 43.9 Å². The molecule has 92 valence electrons. The molecule has 1 aliphatic heterocycles. The number of nitrogens with one attached hydrogen (secondary N) is 1. The van der Waals surface area contributed by atoms with Crippen molar-refractivity contribution < 1.29 is 4.79 Å². The topological polar surface area (TPSA) is 55.1 Å². The average Bonchev–Trinajstić information content (AvgIpc) is 2.67. The first-order valence-corrected chi connectivity index (χ1v) is 6.28. The van der Waals surface area contributed by atoms with Crippen LogP contribution in [0.2, 0.25) is 0 Å². The molecule has 1 heterocycles. The Morgan fingerprint density at radius 2 is 2.24 bits per heavy atom. The van der Waals surface area contributed by atoms with Crippen molar-refractivity contribution in [1.29, 1.82) is 0 Å². The second-order valence-electron chi connectivity index (χ2n) is 5.00. The Labute approximate surface area is 102 Å². The molecule has 0 saturated carbocycles. The molecule has 2 rings (SSSR count). The largest absolute Gasteiger partial charge is 0.326 e. The van der Waals surface area contributed by atoms with Crippen molar-refractivity contribution in [2.24, 2.45) is 11.7 Å². The van der Waals surface area contributed by atoms with Gasteiger partial charge in [0, 0.05) is 11.7 Å². The van der Waals surface area contributed by atoms with Crippen LogP contribution in [0.15, 0.2) is 18.2 Å². The summed E-state index contributed by atoms with van der Waals surface area (Å²) in [6.45, 7) is 4.40. The van der Waals surface area contributed by atoms with E-state index in [2.05, 4.69) is 25.2 Å². The van der Waals surface area contributed by atoms with Gasteiger partial charge in [0.25, 0.3) is 0 Å². The maximum atomic E-state index is 11.3. The Balaban J connectivity index is 2.12. The van der Waals surface area contributed by atoms with Gasteiger partial charge in [-0.25, -0.2) is 0 Å². The summed E-state index contributed by atoms with van der Waals surface area (Å²) in [6, 6.07) is 6.13. The number of nitrogens with two attached hydrogens (primary N) is 1. The number of hydrogen-bond donors (Lipinski definition) is 2. The number of amides is 1. The minimum absolute atomic E-state index is 0.0750. The molecule has 17 heavy (non-hydrogen) atoms. The Morgan fingerprint density at radius 1 is 1.47 bits per heavy atom. The number of carbonyl (C=O) groups excluding carboxylic acids is 1. The molecule has 0 spiro atoms. The van der Waals surface area contributed by atoms with E-state index in [-0.39, 0.29) is 11.9 Å². The van der Waals surface area contributed by atoms with Gasteiger partial charge in [0.05, 0.1) is 6.42 Å². The van der Waals surface area contributed by atoms with Gasteiger partial charge < -0.3 is 11.1 Å². The smallest absolute Gasteiger partial charge is 0.228 e. The zero-order chi connectivity index (χ0) is 12.4. The van der Waals surface area contributed by atoms with Crippen molar-refractivity contribution in [3.05, 3.63) is 29.3 Å². The van der Waals surface area contributed by atoms with Crippen molar-refractivity contribution in [2.45, 2.75) is 39.2 Å². The molecule has 0 aliphatic carbocycles. The SMILES string of the molecule is CCC(C)CC(N)c1ccc2c(c1)CC(=O)N2. The fourth-order valence-corrected chi connectivity index (χ4v) is 2.22. The first-order chi connectivity index (χ1) is 8.10. The number of anilines is 1. The van der Waals surface area contributed by atoms with Gasteiger partial charge in [-0.05, 0) is 29.5 Å². The number of hydrogen-bond acceptors (Lipinski definition) is 2. The van der Waals surface area contributed by atoms with Crippen LogP contribution in [-0.4, -0.2) is 5.91 Å². The van der Waals surface area contributed by atoms with Crippen molar-refractivity contribution in [3.63, 3.8) is 0 Å². The van der Waals surface area contributed by atoms with Crippen molar-refractivity contribution in [1.82, 2.24) is 0 Å². The van der Waals surface area contributed by atoms with Crippen LogP contribution in [0.3, 0.4) is 0 Å². The van der Waals surface area contributed by atoms with Crippen LogP contribution in [0.5, 0.6) is 0 Å². The Bertz CT molecular complexity index is 428. The van der Waals surface area contributed by atoms with E-state index in [9.17, 15) is 4.79 Å². The molecule has 1 aromatic carbocycles. The lowest BCUT2D eigenvalue weighted by Gasteiger charge is -2.17. The molecule has 1 amide bonds. The van der Waals surface area contributed by atoms with E-state index < -0.39 is 0 Å². The third-order valence-electron chi connectivity index (χ3n) is 3.54. The van der Waals surface area contributed by atoms with E-state index >= 15 is 0 Å².